The predicted molar refractivity (Wildman–Crippen MR) is 106 cm³/mol. The second-order valence-electron chi connectivity index (χ2n) is 3.51. The SMILES string of the molecule is O=C(COc1c(I)cc(I)cc1I)c1ccc(Br)s1. The first-order chi connectivity index (χ1) is 8.97. The van der Waals surface area contributed by atoms with Gasteiger partial charge in [-0.1, -0.05) is 0 Å². The summed E-state index contributed by atoms with van der Waals surface area (Å²) in [5, 5.41) is 0. The zero-order chi connectivity index (χ0) is 14.0. The first-order valence-corrected chi connectivity index (χ1v) is 9.88. The van der Waals surface area contributed by atoms with E-state index < -0.39 is 0 Å². The van der Waals surface area contributed by atoms with Crippen LogP contribution in [0.15, 0.2) is 28.1 Å². The van der Waals surface area contributed by atoms with Crippen molar-refractivity contribution >= 4 is 101 Å². The monoisotopic (exact) mass is 674 g/mol. The molecule has 19 heavy (non-hydrogen) atoms. The number of hydrogen-bond acceptors (Lipinski definition) is 3. The van der Waals surface area contributed by atoms with E-state index >= 15 is 0 Å². The molecule has 0 unspecified atom stereocenters. The minimum absolute atomic E-state index is 0.000787. The largest absolute Gasteiger partial charge is 0.483 e. The van der Waals surface area contributed by atoms with Gasteiger partial charge in [0.15, 0.2) is 6.61 Å². The molecule has 0 fully saturated rings. The van der Waals surface area contributed by atoms with E-state index in [4.69, 9.17) is 4.74 Å². The zero-order valence-electron chi connectivity index (χ0n) is 9.25. The summed E-state index contributed by atoms with van der Waals surface area (Å²) in [5.74, 6) is 0.784. The Morgan fingerprint density at radius 2 is 1.84 bits per heavy atom. The van der Waals surface area contributed by atoms with E-state index in [0.29, 0.717) is 4.88 Å². The number of ether oxygens (including phenoxy) is 1. The summed E-state index contributed by atoms with van der Waals surface area (Å²) < 4.78 is 9.83. The molecule has 0 atom stereocenters. The molecule has 0 N–H and O–H groups in total. The van der Waals surface area contributed by atoms with Crippen LogP contribution in [0.4, 0.5) is 0 Å². The molecule has 1 heterocycles. The summed E-state index contributed by atoms with van der Waals surface area (Å²) in [4.78, 5) is 12.7. The molecule has 0 saturated carbocycles. The van der Waals surface area contributed by atoms with E-state index in [1.807, 2.05) is 24.3 Å². The highest BCUT2D eigenvalue weighted by molar-refractivity contribution is 14.1. The summed E-state index contributed by atoms with van der Waals surface area (Å²) in [6.45, 7) is 0.0690. The molecule has 0 radical (unpaired) electrons. The van der Waals surface area contributed by atoms with Gasteiger partial charge >= 0.3 is 0 Å². The van der Waals surface area contributed by atoms with Gasteiger partial charge in [-0.3, -0.25) is 4.79 Å². The fourth-order valence-electron chi connectivity index (χ4n) is 1.34. The van der Waals surface area contributed by atoms with Crippen LogP contribution >= 0.6 is 95.0 Å². The number of carbonyl (C=O) groups excluding carboxylic acids is 1. The molecule has 1 aromatic heterocycles. The molecule has 0 bridgehead atoms. The molecule has 0 spiro atoms. The summed E-state index contributed by atoms with van der Waals surface area (Å²) in [5.41, 5.74) is 0. The third kappa shape index (κ3) is 4.51. The summed E-state index contributed by atoms with van der Waals surface area (Å²) in [6.07, 6.45) is 0. The number of rotatable bonds is 4. The predicted octanol–water partition coefficient (Wildman–Crippen LogP) is 5.59. The Morgan fingerprint density at radius 1 is 1.21 bits per heavy atom. The topological polar surface area (TPSA) is 26.3 Å². The van der Waals surface area contributed by atoms with Crippen molar-refractivity contribution < 1.29 is 9.53 Å². The van der Waals surface area contributed by atoms with Gasteiger partial charge in [0, 0.05) is 3.57 Å². The van der Waals surface area contributed by atoms with Gasteiger partial charge in [0.1, 0.15) is 5.75 Å². The van der Waals surface area contributed by atoms with Crippen molar-refractivity contribution in [2.24, 2.45) is 0 Å². The molecule has 2 aromatic rings. The number of carbonyl (C=O) groups is 1. The van der Waals surface area contributed by atoms with Crippen molar-refractivity contribution in [1.29, 1.82) is 0 Å². The van der Waals surface area contributed by atoms with E-state index in [-0.39, 0.29) is 12.4 Å². The number of thiophene rings is 1. The van der Waals surface area contributed by atoms with Crippen LogP contribution in [-0.2, 0) is 0 Å². The molecule has 100 valence electrons. The lowest BCUT2D eigenvalue weighted by molar-refractivity contribution is 0.0924. The molecule has 0 amide bonds. The van der Waals surface area contributed by atoms with Gasteiger partial charge in [-0.05, 0) is 108 Å². The van der Waals surface area contributed by atoms with Crippen LogP contribution in [0, 0.1) is 10.7 Å². The minimum atomic E-state index is 0.000787. The smallest absolute Gasteiger partial charge is 0.210 e. The van der Waals surface area contributed by atoms with Crippen LogP contribution in [0.3, 0.4) is 0 Å². The van der Waals surface area contributed by atoms with Gasteiger partial charge in [0.2, 0.25) is 5.78 Å². The highest BCUT2D eigenvalue weighted by atomic mass is 127. The normalized spacial score (nSPS) is 10.5. The first kappa shape index (κ1) is 16.4. The van der Waals surface area contributed by atoms with Crippen molar-refractivity contribution in [3.63, 3.8) is 0 Å². The second-order valence-corrected chi connectivity index (χ2v) is 9.55. The lowest BCUT2D eigenvalue weighted by atomic mass is 10.3. The van der Waals surface area contributed by atoms with Crippen molar-refractivity contribution in [1.82, 2.24) is 0 Å². The highest BCUT2D eigenvalue weighted by Gasteiger charge is 2.13. The lowest BCUT2D eigenvalue weighted by Crippen LogP contribution is -2.11. The van der Waals surface area contributed by atoms with Crippen LogP contribution < -0.4 is 4.74 Å². The number of halogens is 4. The standard InChI is InChI=1S/C12H6BrI3O2S/c13-11-2-1-10(19-11)9(17)5-18-12-7(15)3-6(14)4-8(12)16/h1-4H,5H2. The molecule has 0 aliphatic heterocycles. The van der Waals surface area contributed by atoms with Crippen LogP contribution in [0.1, 0.15) is 9.67 Å². The molecular formula is C12H6BrI3O2S. The van der Waals surface area contributed by atoms with Crippen LogP contribution in [0.2, 0.25) is 0 Å². The van der Waals surface area contributed by atoms with Crippen LogP contribution in [0.25, 0.3) is 0 Å². The average Bonchev–Trinajstić information content (AvgIpc) is 2.74. The Bertz CT molecular complexity index is 604. The Hall–Kier alpha value is 1.06. The second kappa shape index (κ2) is 7.36. The van der Waals surface area contributed by atoms with E-state index in [1.165, 1.54) is 11.3 Å². The van der Waals surface area contributed by atoms with Gasteiger partial charge in [-0.15, -0.1) is 11.3 Å². The van der Waals surface area contributed by atoms with Crippen molar-refractivity contribution in [3.05, 3.63) is 43.6 Å². The van der Waals surface area contributed by atoms with Gasteiger partial charge < -0.3 is 4.74 Å². The maximum atomic E-state index is 12.0. The Balaban J connectivity index is 2.09. The van der Waals surface area contributed by atoms with Crippen molar-refractivity contribution in [3.8, 4) is 5.75 Å². The highest BCUT2D eigenvalue weighted by Crippen LogP contribution is 2.30. The Morgan fingerprint density at radius 3 is 2.37 bits per heavy atom. The van der Waals surface area contributed by atoms with Crippen LogP contribution in [0.5, 0.6) is 5.75 Å². The van der Waals surface area contributed by atoms with Gasteiger partial charge in [0.05, 0.1) is 15.8 Å². The molecule has 0 saturated heterocycles. The molecule has 7 heteroatoms. The summed E-state index contributed by atoms with van der Waals surface area (Å²) in [6, 6.07) is 7.75. The quantitative estimate of drug-likeness (QED) is 0.313. The molecule has 0 aliphatic rings. The number of ketones is 1. The Labute approximate surface area is 164 Å². The van der Waals surface area contributed by atoms with E-state index in [9.17, 15) is 4.79 Å². The number of Topliss-reactive ketones (excluding diaryl/α,β-unsaturated/α-hetero) is 1. The molecule has 2 rings (SSSR count). The molecule has 1 aromatic carbocycles. The molecular weight excluding hydrogens is 669 g/mol. The van der Waals surface area contributed by atoms with Crippen LogP contribution in [-0.4, -0.2) is 12.4 Å². The first-order valence-electron chi connectivity index (χ1n) is 5.03. The maximum absolute atomic E-state index is 12.0. The van der Waals surface area contributed by atoms with E-state index in [0.717, 1.165) is 20.2 Å². The maximum Gasteiger partial charge on any atom is 0.210 e. The van der Waals surface area contributed by atoms with Crippen molar-refractivity contribution in [2.45, 2.75) is 0 Å². The van der Waals surface area contributed by atoms with Crippen molar-refractivity contribution in [2.75, 3.05) is 6.61 Å². The summed E-state index contributed by atoms with van der Waals surface area (Å²) >= 11 is 11.5. The summed E-state index contributed by atoms with van der Waals surface area (Å²) in [7, 11) is 0. The molecule has 0 aliphatic carbocycles. The van der Waals surface area contributed by atoms with Gasteiger partial charge in [-0.25, -0.2) is 0 Å². The molecule has 2 nitrogen and oxygen atoms in total. The van der Waals surface area contributed by atoms with Gasteiger partial charge in [0.25, 0.3) is 0 Å². The lowest BCUT2D eigenvalue weighted by Gasteiger charge is -2.09. The van der Waals surface area contributed by atoms with E-state index in [1.54, 1.807) is 0 Å². The van der Waals surface area contributed by atoms with Gasteiger partial charge in [-0.2, -0.15) is 0 Å². The fraction of sp³-hybridized carbons (Fsp3) is 0.0833. The zero-order valence-corrected chi connectivity index (χ0v) is 18.1. The third-order valence-electron chi connectivity index (χ3n) is 2.16. The van der Waals surface area contributed by atoms with E-state index in [2.05, 4.69) is 83.7 Å². The number of benzene rings is 1. The fourth-order valence-corrected chi connectivity index (χ4v) is 6.54. The third-order valence-corrected chi connectivity index (χ3v) is 6.05. The Kier molecular flexibility index (Phi) is 6.37. The average molecular weight is 675 g/mol. The number of hydrogen-bond donors (Lipinski definition) is 0. The minimum Gasteiger partial charge on any atom is -0.483 e.